The van der Waals surface area contributed by atoms with Crippen molar-refractivity contribution in [3.8, 4) is 0 Å². The molecule has 0 amide bonds. The molecule has 0 saturated carbocycles. The Morgan fingerprint density at radius 1 is 1.38 bits per heavy atom. The van der Waals surface area contributed by atoms with Crippen LogP contribution in [0.25, 0.3) is 0 Å². The summed E-state index contributed by atoms with van der Waals surface area (Å²) >= 11 is 0. The molecule has 70 valence electrons. The zero-order valence-corrected chi connectivity index (χ0v) is 7.95. The van der Waals surface area contributed by atoms with E-state index in [0.717, 1.165) is 6.42 Å². The minimum Gasteiger partial charge on any atom is -0.478 e. The number of carbonyl (C=O) groups is 1. The number of rotatable bonds is 3. The lowest BCUT2D eigenvalue weighted by Crippen LogP contribution is -1.97. The van der Waals surface area contributed by atoms with E-state index in [4.69, 9.17) is 5.11 Å². The molecule has 1 aromatic carbocycles. The number of carboxylic acid groups (broad SMARTS) is 1. The fraction of sp³-hybridized carbons (Fsp3) is 0.364. The lowest BCUT2D eigenvalue weighted by molar-refractivity contribution is 0.0697. The minimum absolute atomic E-state index is 0.354. The average Bonchev–Trinajstić information content (AvgIpc) is 2.17. The summed E-state index contributed by atoms with van der Waals surface area (Å²) in [5.41, 5.74) is 1.56. The van der Waals surface area contributed by atoms with E-state index in [0.29, 0.717) is 11.5 Å². The van der Waals surface area contributed by atoms with Crippen LogP contribution >= 0.6 is 0 Å². The topological polar surface area (TPSA) is 37.3 Å². The van der Waals surface area contributed by atoms with Crippen molar-refractivity contribution in [1.29, 1.82) is 0 Å². The van der Waals surface area contributed by atoms with Crippen LogP contribution in [0.4, 0.5) is 0 Å². The highest BCUT2D eigenvalue weighted by Gasteiger charge is 2.05. The molecule has 1 N–H and O–H groups in total. The van der Waals surface area contributed by atoms with Gasteiger partial charge in [-0.1, -0.05) is 26.0 Å². The van der Waals surface area contributed by atoms with Crippen molar-refractivity contribution >= 4 is 5.97 Å². The fourth-order valence-corrected chi connectivity index (χ4v) is 1.19. The van der Waals surface area contributed by atoms with E-state index in [2.05, 4.69) is 13.8 Å². The van der Waals surface area contributed by atoms with Crippen LogP contribution in [0.3, 0.4) is 0 Å². The van der Waals surface area contributed by atoms with Crippen LogP contribution < -0.4 is 0 Å². The zero-order valence-electron chi connectivity index (χ0n) is 7.95. The van der Waals surface area contributed by atoms with Gasteiger partial charge in [-0.05, 0) is 30.0 Å². The summed E-state index contributed by atoms with van der Waals surface area (Å²) in [7, 11) is 0. The van der Waals surface area contributed by atoms with E-state index >= 15 is 0 Å². The van der Waals surface area contributed by atoms with Gasteiger partial charge in [0.2, 0.25) is 0 Å². The van der Waals surface area contributed by atoms with Gasteiger partial charge in [-0.15, -0.1) is 0 Å². The average molecular weight is 178 g/mol. The predicted octanol–water partition coefficient (Wildman–Crippen LogP) is 2.90. The maximum absolute atomic E-state index is 10.6. The first-order chi connectivity index (χ1) is 6.15. The van der Waals surface area contributed by atoms with Crippen molar-refractivity contribution in [2.45, 2.75) is 26.2 Å². The summed E-state index contributed by atoms with van der Waals surface area (Å²) < 4.78 is 0. The highest BCUT2D eigenvalue weighted by Crippen LogP contribution is 2.18. The maximum Gasteiger partial charge on any atom is 0.335 e. The van der Waals surface area contributed by atoms with Crippen LogP contribution in [-0.2, 0) is 0 Å². The Kier molecular flexibility index (Phi) is 3.07. The quantitative estimate of drug-likeness (QED) is 0.772. The Hall–Kier alpha value is -1.31. The highest BCUT2D eigenvalue weighted by molar-refractivity contribution is 5.87. The van der Waals surface area contributed by atoms with Gasteiger partial charge in [0.05, 0.1) is 5.56 Å². The van der Waals surface area contributed by atoms with Crippen molar-refractivity contribution in [3.63, 3.8) is 0 Å². The summed E-state index contributed by atoms with van der Waals surface area (Å²) in [6, 6.07) is 7.09. The molecule has 0 bridgehead atoms. The molecule has 0 saturated heterocycles. The molecule has 2 nitrogen and oxygen atoms in total. The molecular formula is C11H14O2. The summed E-state index contributed by atoms with van der Waals surface area (Å²) in [5, 5.41) is 8.67. The molecule has 0 aliphatic heterocycles. The standard InChI is InChI=1S/C11H14O2/c1-3-8(2)9-4-6-10(7-5-9)11(12)13/h4-8H,3H2,1-2H3,(H,12,13)/t8-/m0/s1. The molecule has 0 heterocycles. The fourth-order valence-electron chi connectivity index (χ4n) is 1.19. The third kappa shape index (κ3) is 2.31. The smallest absolute Gasteiger partial charge is 0.335 e. The Morgan fingerprint density at radius 3 is 2.31 bits per heavy atom. The van der Waals surface area contributed by atoms with E-state index in [1.165, 1.54) is 5.56 Å². The first-order valence-corrected chi connectivity index (χ1v) is 4.48. The van der Waals surface area contributed by atoms with Crippen molar-refractivity contribution in [2.75, 3.05) is 0 Å². The van der Waals surface area contributed by atoms with E-state index in [1.807, 2.05) is 12.1 Å². The van der Waals surface area contributed by atoms with Crippen molar-refractivity contribution in [3.05, 3.63) is 35.4 Å². The molecule has 1 aromatic rings. The summed E-state index contributed by atoms with van der Waals surface area (Å²) in [4.78, 5) is 10.6. The molecule has 0 unspecified atom stereocenters. The molecule has 0 spiro atoms. The van der Waals surface area contributed by atoms with Crippen molar-refractivity contribution in [2.24, 2.45) is 0 Å². The molecule has 2 heteroatoms. The monoisotopic (exact) mass is 178 g/mol. The molecule has 0 aliphatic rings. The SMILES string of the molecule is CC[C@H](C)c1ccc(C(=O)O)cc1. The third-order valence-corrected chi connectivity index (χ3v) is 2.34. The number of benzene rings is 1. The molecule has 1 atom stereocenters. The van der Waals surface area contributed by atoms with Gasteiger partial charge in [0, 0.05) is 0 Å². The van der Waals surface area contributed by atoms with Crippen LogP contribution in [0.5, 0.6) is 0 Å². The molecular weight excluding hydrogens is 164 g/mol. The maximum atomic E-state index is 10.6. The van der Waals surface area contributed by atoms with Gasteiger partial charge in [0.25, 0.3) is 0 Å². The molecule has 0 fully saturated rings. The van der Waals surface area contributed by atoms with E-state index in [1.54, 1.807) is 12.1 Å². The first-order valence-electron chi connectivity index (χ1n) is 4.48. The second-order valence-electron chi connectivity index (χ2n) is 3.24. The number of hydrogen-bond donors (Lipinski definition) is 1. The molecule has 13 heavy (non-hydrogen) atoms. The van der Waals surface area contributed by atoms with Crippen LogP contribution in [0.15, 0.2) is 24.3 Å². The molecule has 0 radical (unpaired) electrons. The minimum atomic E-state index is -0.865. The number of hydrogen-bond acceptors (Lipinski definition) is 1. The van der Waals surface area contributed by atoms with Crippen LogP contribution in [0, 0.1) is 0 Å². The number of carboxylic acids is 1. The summed E-state index contributed by atoms with van der Waals surface area (Å²) in [6.07, 6.45) is 1.08. The van der Waals surface area contributed by atoms with Gasteiger partial charge >= 0.3 is 5.97 Å². The second-order valence-corrected chi connectivity index (χ2v) is 3.24. The normalized spacial score (nSPS) is 12.5. The van der Waals surface area contributed by atoms with Crippen LogP contribution in [0.2, 0.25) is 0 Å². The van der Waals surface area contributed by atoms with Crippen LogP contribution in [0.1, 0.15) is 42.1 Å². The van der Waals surface area contributed by atoms with Crippen molar-refractivity contribution in [1.82, 2.24) is 0 Å². The molecule has 0 aromatic heterocycles. The van der Waals surface area contributed by atoms with Gasteiger partial charge in [0.1, 0.15) is 0 Å². The van der Waals surface area contributed by atoms with Gasteiger partial charge in [-0.3, -0.25) is 0 Å². The van der Waals surface area contributed by atoms with E-state index < -0.39 is 5.97 Å². The molecule has 0 aliphatic carbocycles. The first kappa shape index (κ1) is 9.78. The summed E-state index contributed by atoms with van der Waals surface area (Å²) in [6.45, 7) is 4.26. The second kappa shape index (κ2) is 4.08. The Morgan fingerprint density at radius 2 is 1.92 bits per heavy atom. The largest absolute Gasteiger partial charge is 0.478 e. The van der Waals surface area contributed by atoms with Gasteiger partial charge in [-0.2, -0.15) is 0 Å². The lowest BCUT2D eigenvalue weighted by Gasteiger charge is -2.08. The summed E-state index contributed by atoms with van der Waals surface area (Å²) in [5.74, 6) is -0.362. The number of aromatic carboxylic acids is 1. The van der Waals surface area contributed by atoms with Gasteiger partial charge < -0.3 is 5.11 Å². The van der Waals surface area contributed by atoms with E-state index in [-0.39, 0.29) is 0 Å². The van der Waals surface area contributed by atoms with Gasteiger partial charge in [0.15, 0.2) is 0 Å². The van der Waals surface area contributed by atoms with Crippen LogP contribution in [-0.4, -0.2) is 11.1 Å². The Balaban J connectivity index is 2.87. The zero-order chi connectivity index (χ0) is 9.84. The third-order valence-electron chi connectivity index (χ3n) is 2.34. The predicted molar refractivity (Wildman–Crippen MR) is 52.1 cm³/mol. The molecule has 1 rings (SSSR count). The van der Waals surface area contributed by atoms with Gasteiger partial charge in [-0.25, -0.2) is 4.79 Å². The van der Waals surface area contributed by atoms with Crippen molar-refractivity contribution < 1.29 is 9.90 Å². The Labute approximate surface area is 78.2 Å². The lowest BCUT2D eigenvalue weighted by atomic mass is 9.98. The Bertz CT molecular complexity index is 287. The van der Waals surface area contributed by atoms with E-state index in [9.17, 15) is 4.79 Å². The highest BCUT2D eigenvalue weighted by atomic mass is 16.4.